The third-order valence-electron chi connectivity index (χ3n) is 5.78. The van der Waals surface area contributed by atoms with Crippen molar-refractivity contribution in [2.24, 2.45) is 9.98 Å². The summed E-state index contributed by atoms with van der Waals surface area (Å²) in [5.74, 6) is 0.726. The van der Waals surface area contributed by atoms with Gasteiger partial charge in [-0.3, -0.25) is 19.8 Å². The fourth-order valence-corrected chi connectivity index (χ4v) is 4.04. The van der Waals surface area contributed by atoms with Gasteiger partial charge in [0, 0.05) is 33.9 Å². The molecular formula is C27H21Cl2N7O2. The quantitative estimate of drug-likeness (QED) is 0.276. The predicted octanol–water partition coefficient (Wildman–Crippen LogP) is 5.46. The second kappa shape index (κ2) is 10.5. The molecule has 0 fully saturated rings. The molecule has 0 aliphatic rings. The third-order valence-corrected chi connectivity index (χ3v) is 6.28. The van der Waals surface area contributed by atoms with Crippen LogP contribution in [0.2, 0.25) is 10.0 Å². The van der Waals surface area contributed by atoms with Crippen molar-refractivity contribution < 1.29 is 0 Å². The zero-order valence-electron chi connectivity index (χ0n) is 20.3. The molecule has 38 heavy (non-hydrogen) atoms. The lowest BCUT2D eigenvalue weighted by Crippen LogP contribution is -2.17. The van der Waals surface area contributed by atoms with Gasteiger partial charge in [-0.05, 0) is 74.5 Å². The fraction of sp³-hybridized carbons (Fsp3) is 0.0741. The molecule has 3 heterocycles. The Balaban J connectivity index is 1.38. The number of H-pyrrole nitrogens is 2. The molecule has 190 valence electrons. The van der Waals surface area contributed by atoms with E-state index in [9.17, 15) is 9.59 Å². The molecule has 0 saturated carbocycles. The van der Waals surface area contributed by atoms with Gasteiger partial charge in [-0.1, -0.05) is 29.3 Å². The smallest absolute Gasteiger partial charge is 0.280 e. The molecule has 2 aromatic carbocycles. The molecular weight excluding hydrogens is 525 g/mol. The summed E-state index contributed by atoms with van der Waals surface area (Å²) in [6.07, 6.45) is 2.94. The number of halogens is 2. The number of rotatable bonds is 6. The molecule has 0 bridgehead atoms. The van der Waals surface area contributed by atoms with Gasteiger partial charge in [0.2, 0.25) is 0 Å². The minimum Gasteiger partial charge on any atom is -0.295 e. The van der Waals surface area contributed by atoms with E-state index in [-0.39, 0.29) is 11.1 Å². The average Bonchev–Trinajstić information content (AvgIpc) is 3.36. The van der Waals surface area contributed by atoms with Crippen molar-refractivity contribution in [3.8, 4) is 11.4 Å². The number of aliphatic imine (C=N–C) groups is 2. The van der Waals surface area contributed by atoms with E-state index >= 15 is 0 Å². The van der Waals surface area contributed by atoms with Gasteiger partial charge < -0.3 is 0 Å². The maximum atomic E-state index is 12.9. The third kappa shape index (κ3) is 5.15. The first kappa shape index (κ1) is 25.2. The Morgan fingerprint density at radius 1 is 0.684 bits per heavy atom. The van der Waals surface area contributed by atoms with Crippen LogP contribution in [0.15, 0.2) is 86.3 Å². The molecule has 0 saturated heterocycles. The van der Waals surface area contributed by atoms with Crippen LogP contribution in [-0.4, -0.2) is 37.0 Å². The Morgan fingerprint density at radius 2 is 1.08 bits per heavy atom. The second-order valence-electron chi connectivity index (χ2n) is 8.41. The van der Waals surface area contributed by atoms with Gasteiger partial charge in [0.15, 0.2) is 11.6 Å². The van der Waals surface area contributed by atoms with Gasteiger partial charge in [0.1, 0.15) is 0 Å². The summed E-state index contributed by atoms with van der Waals surface area (Å²) in [5.41, 5.74) is 2.94. The number of aryl methyl sites for hydroxylation is 2. The van der Waals surface area contributed by atoms with E-state index in [1.54, 1.807) is 80.6 Å². The van der Waals surface area contributed by atoms with Crippen LogP contribution in [0.1, 0.15) is 22.5 Å². The van der Waals surface area contributed by atoms with Crippen LogP contribution in [-0.2, 0) is 0 Å². The maximum Gasteiger partial charge on any atom is 0.280 e. The van der Waals surface area contributed by atoms with Crippen molar-refractivity contribution in [3.05, 3.63) is 120 Å². The Bertz CT molecular complexity index is 1660. The van der Waals surface area contributed by atoms with Gasteiger partial charge in [0.05, 0.1) is 22.5 Å². The fourth-order valence-electron chi connectivity index (χ4n) is 3.78. The summed E-state index contributed by atoms with van der Waals surface area (Å²) < 4.78 is 2.86. The van der Waals surface area contributed by atoms with Crippen LogP contribution in [0.5, 0.6) is 0 Å². The largest absolute Gasteiger partial charge is 0.295 e. The van der Waals surface area contributed by atoms with E-state index in [0.29, 0.717) is 55.6 Å². The zero-order chi connectivity index (χ0) is 26.8. The molecule has 0 amide bonds. The SMILES string of the molecule is Cc1[nH]n(-c2ccc(Cl)cc2)c(=O)c1C=Nc1cccc(N=Cc2c(C)[nH]n(-c3ccc(Cl)cc3)c2=O)n1. The van der Waals surface area contributed by atoms with Gasteiger partial charge in [0.25, 0.3) is 11.1 Å². The number of nitrogens with zero attached hydrogens (tertiary/aromatic N) is 5. The first-order valence-electron chi connectivity index (χ1n) is 11.5. The summed E-state index contributed by atoms with van der Waals surface area (Å²) >= 11 is 11.9. The summed E-state index contributed by atoms with van der Waals surface area (Å²) in [6, 6.07) is 19.0. The van der Waals surface area contributed by atoms with Crippen LogP contribution >= 0.6 is 23.2 Å². The van der Waals surface area contributed by atoms with Crippen LogP contribution in [0.25, 0.3) is 11.4 Å². The predicted molar refractivity (Wildman–Crippen MR) is 151 cm³/mol. The second-order valence-corrected chi connectivity index (χ2v) is 9.28. The first-order valence-corrected chi connectivity index (χ1v) is 12.3. The van der Waals surface area contributed by atoms with E-state index in [1.807, 2.05) is 0 Å². The van der Waals surface area contributed by atoms with Crippen LogP contribution in [0.3, 0.4) is 0 Å². The average molecular weight is 546 g/mol. The Kier molecular flexibility index (Phi) is 6.95. The standard InChI is InChI=1S/C27H21Cl2N7O2/c1-16-22(26(37)35(33-16)20-10-6-18(28)7-11-20)14-30-24-4-3-5-25(32-24)31-15-23-17(2)34-36(27(23)38)21-12-8-19(29)9-13-21/h3-15,33-34H,1-2H3. The van der Waals surface area contributed by atoms with Crippen molar-refractivity contribution in [2.45, 2.75) is 13.8 Å². The van der Waals surface area contributed by atoms with Crippen molar-refractivity contribution in [2.75, 3.05) is 0 Å². The number of benzene rings is 2. The zero-order valence-corrected chi connectivity index (χ0v) is 21.8. The van der Waals surface area contributed by atoms with Crippen LogP contribution in [0, 0.1) is 13.8 Å². The highest BCUT2D eigenvalue weighted by atomic mass is 35.5. The monoisotopic (exact) mass is 545 g/mol. The number of aromatic amines is 2. The van der Waals surface area contributed by atoms with Crippen molar-refractivity contribution in [1.82, 2.24) is 24.5 Å². The maximum absolute atomic E-state index is 12.9. The van der Waals surface area contributed by atoms with Gasteiger partial charge in [-0.15, -0.1) is 0 Å². The molecule has 0 radical (unpaired) electrons. The molecule has 11 heteroatoms. The Hall–Kier alpha value is -4.47. The molecule has 9 nitrogen and oxygen atoms in total. The summed E-state index contributed by atoms with van der Waals surface area (Å²) in [5, 5.41) is 7.26. The number of hydrogen-bond donors (Lipinski definition) is 2. The molecule has 0 unspecified atom stereocenters. The lowest BCUT2D eigenvalue weighted by Gasteiger charge is -2.00. The molecule has 5 aromatic rings. The van der Waals surface area contributed by atoms with Crippen molar-refractivity contribution in [3.63, 3.8) is 0 Å². The molecule has 0 aliphatic carbocycles. The minimum absolute atomic E-state index is 0.248. The van der Waals surface area contributed by atoms with Gasteiger partial charge >= 0.3 is 0 Å². The molecule has 0 spiro atoms. The number of nitrogens with one attached hydrogen (secondary N) is 2. The number of pyridine rings is 1. The molecule has 0 atom stereocenters. The van der Waals surface area contributed by atoms with E-state index in [2.05, 4.69) is 25.2 Å². The molecule has 0 aliphatic heterocycles. The summed E-state index contributed by atoms with van der Waals surface area (Å²) in [6.45, 7) is 3.58. The van der Waals surface area contributed by atoms with Gasteiger partial charge in [-0.25, -0.2) is 24.3 Å². The normalized spacial score (nSPS) is 11.7. The summed E-state index contributed by atoms with van der Waals surface area (Å²) in [4.78, 5) is 39.0. The highest BCUT2D eigenvalue weighted by Crippen LogP contribution is 2.17. The Morgan fingerprint density at radius 3 is 1.47 bits per heavy atom. The lowest BCUT2D eigenvalue weighted by atomic mass is 10.3. The lowest BCUT2D eigenvalue weighted by molar-refractivity contribution is 0.835. The van der Waals surface area contributed by atoms with E-state index in [4.69, 9.17) is 23.2 Å². The van der Waals surface area contributed by atoms with E-state index < -0.39 is 0 Å². The topological polar surface area (TPSA) is 113 Å². The number of aromatic nitrogens is 5. The molecule has 3 aromatic heterocycles. The van der Waals surface area contributed by atoms with Crippen molar-refractivity contribution in [1.29, 1.82) is 0 Å². The molecule has 2 N–H and O–H groups in total. The highest BCUT2D eigenvalue weighted by molar-refractivity contribution is 6.30. The van der Waals surface area contributed by atoms with Crippen LogP contribution < -0.4 is 11.1 Å². The minimum atomic E-state index is -0.248. The Labute approximate surface area is 226 Å². The van der Waals surface area contributed by atoms with Crippen molar-refractivity contribution >= 4 is 47.3 Å². The molecule has 5 rings (SSSR count). The van der Waals surface area contributed by atoms with E-state index in [0.717, 1.165) is 0 Å². The van der Waals surface area contributed by atoms with Crippen LogP contribution in [0.4, 0.5) is 11.6 Å². The first-order chi connectivity index (χ1) is 18.3. The highest BCUT2D eigenvalue weighted by Gasteiger charge is 2.12. The summed E-state index contributed by atoms with van der Waals surface area (Å²) in [7, 11) is 0. The number of hydrogen-bond acceptors (Lipinski definition) is 5. The van der Waals surface area contributed by atoms with E-state index in [1.165, 1.54) is 21.8 Å². The van der Waals surface area contributed by atoms with Gasteiger partial charge in [-0.2, -0.15) is 0 Å².